The molecule has 1 saturated carbocycles. The fourth-order valence-electron chi connectivity index (χ4n) is 4.82. The Morgan fingerprint density at radius 3 is 2.63 bits per heavy atom. The lowest BCUT2D eigenvalue weighted by atomic mass is 10.0. The van der Waals surface area contributed by atoms with Crippen molar-refractivity contribution in [3.63, 3.8) is 0 Å². The van der Waals surface area contributed by atoms with Crippen LogP contribution in [0.3, 0.4) is 0 Å². The SMILES string of the molecule is CNCc1ccc(-c2cc(-c3nc(-c4ccc(=O)n(CCC5CCCC5)c4)cnc3C)on2)cc1.[HH]. The van der Waals surface area contributed by atoms with E-state index in [9.17, 15) is 4.79 Å². The lowest BCUT2D eigenvalue weighted by Gasteiger charge is -2.12. The number of nitrogens with one attached hydrogen (secondary N) is 1. The van der Waals surface area contributed by atoms with Gasteiger partial charge in [-0.3, -0.25) is 9.78 Å². The first kappa shape index (κ1) is 23.2. The third-order valence-corrected chi connectivity index (χ3v) is 6.86. The Balaban J connectivity index is 0.00000304. The van der Waals surface area contributed by atoms with Gasteiger partial charge in [0.1, 0.15) is 11.4 Å². The van der Waals surface area contributed by atoms with Crippen molar-refractivity contribution in [1.29, 1.82) is 0 Å². The second kappa shape index (κ2) is 10.4. The van der Waals surface area contributed by atoms with Crippen LogP contribution < -0.4 is 10.9 Å². The van der Waals surface area contributed by atoms with Crippen molar-refractivity contribution in [3.05, 3.63) is 76.5 Å². The third-order valence-electron chi connectivity index (χ3n) is 6.86. The predicted molar refractivity (Wildman–Crippen MR) is 139 cm³/mol. The molecule has 0 aliphatic heterocycles. The van der Waals surface area contributed by atoms with Crippen molar-refractivity contribution in [2.45, 2.75) is 52.1 Å². The van der Waals surface area contributed by atoms with E-state index in [-0.39, 0.29) is 6.99 Å². The van der Waals surface area contributed by atoms with Crippen molar-refractivity contribution in [2.24, 2.45) is 5.92 Å². The van der Waals surface area contributed by atoms with E-state index >= 15 is 0 Å². The highest BCUT2D eigenvalue weighted by molar-refractivity contribution is 5.68. The fourth-order valence-corrected chi connectivity index (χ4v) is 4.82. The molecule has 0 radical (unpaired) electrons. The van der Waals surface area contributed by atoms with Crippen LogP contribution in [0, 0.1) is 12.8 Å². The maximum absolute atomic E-state index is 12.4. The molecule has 1 aromatic carbocycles. The molecule has 0 atom stereocenters. The molecule has 0 unspecified atom stereocenters. The highest BCUT2D eigenvalue weighted by atomic mass is 16.5. The van der Waals surface area contributed by atoms with Gasteiger partial charge in [-0.25, -0.2) is 4.98 Å². The summed E-state index contributed by atoms with van der Waals surface area (Å²) in [6.07, 6.45) is 9.88. The molecule has 4 aromatic rings. The molecule has 1 aliphatic carbocycles. The van der Waals surface area contributed by atoms with Gasteiger partial charge in [-0.2, -0.15) is 0 Å². The molecule has 0 bridgehead atoms. The van der Waals surface area contributed by atoms with Crippen LogP contribution in [0.25, 0.3) is 34.0 Å². The first-order valence-corrected chi connectivity index (χ1v) is 12.4. The Kier molecular flexibility index (Phi) is 6.86. The standard InChI is InChI=1S/C28H31N5O2.H2/c1-19-28(26-15-24(32-35-26)22-9-7-21(8-10-22)16-29-2)31-25(17-30-19)23-11-12-27(34)33(18-23)14-13-20-5-3-4-6-20;/h7-12,15,17-18,20,29H,3-6,13-14,16H2,1-2H3;1H. The van der Waals surface area contributed by atoms with E-state index in [0.29, 0.717) is 17.1 Å². The Hall–Kier alpha value is -3.58. The number of rotatable bonds is 8. The van der Waals surface area contributed by atoms with E-state index in [1.165, 1.54) is 31.2 Å². The van der Waals surface area contributed by atoms with Crippen LogP contribution in [0.4, 0.5) is 0 Å². The molecule has 1 N–H and O–H groups in total. The van der Waals surface area contributed by atoms with Gasteiger partial charge >= 0.3 is 0 Å². The van der Waals surface area contributed by atoms with Crippen molar-refractivity contribution < 1.29 is 5.95 Å². The first-order chi connectivity index (χ1) is 17.1. The van der Waals surface area contributed by atoms with Gasteiger partial charge in [-0.1, -0.05) is 55.1 Å². The van der Waals surface area contributed by atoms with Gasteiger partial charge in [0, 0.05) is 44.0 Å². The van der Waals surface area contributed by atoms with E-state index in [1.54, 1.807) is 16.8 Å². The summed E-state index contributed by atoms with van der Waals surface area (Å²) in [6, 6.07) is 13.6. The van der Waals surface area contributed by atoms with Gasteiger partial charge in [0.25, 0.3) is 5.56 Å². The fraction of sp³-hybridized carbons (Fsp3) is 0.357. The van der Waals surface area contributed by atoms with Crippen LogP contribution in [-0.4, -0.2) is 26.7 Å². The lowest BCUT2D eigenvalue weighted by Crippen LogP contribution is -2.19. The Morgan fingerprint density at radius 1 is 1.09 bits per heavy atom. The van der Waals surface area contributed by atoms with Gasteiger partial charge in [0.05, 0.1) is 17.6 Å². The Bertz CT molecular complexity index is 1360. The normalized spacial score (nSPS) is 14.0. The number of hydrogen-bond donors (Lipinski definition) is 1. The number of pyridine rings is 1. The molecule has 35 heavy (non-hydrogen) atoms. The lowest BCUT2D eigenvalue weighted by molar-refractivity contribution is 0.433. The van der Waals surface area contributed by atoms with Gasteiger partial charge in [0.15, 0.2) is 5.76 Å². The maximum Gasteiger partial charge on any atom is 0.250 e. The Morgan fingerprint density at radius 2 is 1.86 bits per heavy atom. The van der Waals surface area contributed by atoms with Crippen molar-refractivity contribution in [2.75, 3.05) is 7.05 Å². The first-order valence-electron chi connectivity index (χ1n) is 12.4. The van der Waals surface area contributed by atoms with Crippen molar-refractivity contribution in [3.8, 4) is 34.0 Å². The quantitative estimate of drug-likeness (QED) is 0.366. The predicted octanol–water partition coefficient (Wildman–Crippen LogP) is 5.48. The molecule has 0 spiro atoms. The van der Waals surface area contributed by atoms with Crippen molar-refractivity contribution in [1.82, 2.24) is 25.0 Å². The maximum atomic E-state index is 12.4. The number of nitrogens with zero attached hydrogens (tertiary/aromatic N) is 4. The van der Waals surface area contributed by atoms with Crippen LogP contribution in [0.5, 0.6) is 0 Å². The summed E-state index contributed by atoms with van der Waals surface area (Å²) in [7, 11) is 1.93. The molecule has 182 valence electrons. The Labute approximate surface area is 206 Å². The number of benzene rings is 1. The second-order valence-electron chi connectivity index (χ2n) is 9.38. The third kappa shape index (κ3) is 5.25. The molecule has 0 amide bonds. The van der Waals surface area contributed by atoms with Gasteiger partial charge in [-0.05, 0) is 37.9 Å². The summed E-state index contributed by atoms with van der Waals surface area (Å²) in [6.45, 7) is 3.46. The number of aromatic nitrogens is 4. The van der Waals surface area contributed by atoms with Crippen LogP contribution >= 0.6 is 0 Å². The topological polar surface area (TPSA) is 85.8 Å². The average molecular weight is 472 g/mol. The van der Waals surface area contributed by atoms with E-state index in [1.807, 2.05) is 44.4 Å². The van der Waals surface area contributed by atoms with Gasteiger partial charge in [0.2, 0.25) is 0 Å². The highest BCUT2D eigenvalue weighted by Crippen LogP contribution is 2.29. The molecular weight excluding hydrogens is 438 g/mol. The van der Waals surface area contributed by atoms with E-state index in [0.717, 1.165) is 47.9 Å². The summed E-state index contributed by atoms with van der Waals surface area (Å²) < 4.78 is 7.48. The van der Waals surface area contributed by atoms with E-state index in [4.69, 9.17) is 9.51 Å². The summed E-state index contributed by atoms with van der Waals surface area (Å²) >= 11 is 0. The number of hydrogen-bond acceptors (Lipinski definition) is 6. The van der Waals surface area contributed by atoms with E-state index in [2.05, 4.69) is 27.6 Å². The molecule has 3 heterocycles. The van der Waals surface area contributed by atoms with Crippen LogP contribution in [0.2, 0.25) is 0 Å². The van der Waals surface area contributed by atoms with E-state index < -0.39 is 0 Å². The molecule has 5 rings (SSSR count). The molecule has 7 heteroatoms. The van der Waals surface area contributed by atoms with Crippen LogP contribution in [0.15, 0.2) is 64.2 Å². The monoisotopic (exact) mass is 471 g/mol. The average Bonchev–Trinajstić information content (AvgIpc) is 3.57. The summed E-state index contributed by atoms with van der Waals surface area (Å²) in [5.74, 6) is 1.30. The minimum Gasteiger partial charge on any atom is -0.354 e. The number of aryl methyl sites for hydroxylation is 2. The molecule has 7 nitrogen and oxygen atoms in total. The largest absolute Gasteiger partial charge is 0.354 e. The van der Waals surface area contributed by atoms with Gasteiger partial charge < -0.3 is 14.4 Å². The summed E-state index contributed by atoms with van der Waals surface area (Å²) in [5, 5.41) is 7.42. The van der Waals surface area contributed by atoms with Crippen LogP contribution in [0.1, 0.15) is 44.8 Å². The molecular formula is C28H33N5O2. The summed E-state index contributed by atoms with van der Waals surface area (Å²) in [5.41, 5.74) is 5.94. The molecule has 3 aromatic heterocycles. The zero-order valence-electron chi connectivity index (χ0n) is 20.3. The second-order valence-corrected chi connectivity index (χ2v) is 9.38. The molecule has 1 fully saturated rings. The molecule has 0 saturated heterocycles. The van der Waals surface area contributed by atoms with Crippen molar-refractivity contribution >= 4 is 0 Å². The minimum atomic E-state index is 0. The summed E-state index contributed by atoms with van der Waals surface area (Å²) in [4.78, 5) is 21.9. The minimum absolute atomic E-state index is 0. The zero-order chi connectivity index (χ0) is 24.2. The zero-order valence-corrected chi connectivity index (χ0v) is 20.3. The molecule has 1 aliphatic rings. The smallest absolute Gasteiger partial charge is 0.250 e. The van der Waals surface area contributed by atoms with Gasteiger partial charge in [-0.15, -0.1) is 0 Å². The highest BCUT2D eigenvalue weighted by Gasteiger charge is 2.17. The van der Waals surface area contributed by atoms with Crippen LogP contribution in [-0.2, 0) is 13.1 Å².